The minimum absolute atomic E-state index is 0.0220. The van der Waals surface area contributed by atoms with Crippen molar-refractivity contribution in [2.24, 2.45) is 11.8 Å². The van der Waals surface area contributed by atoms with E-state index in [0.717, 1.165) is 0 Å². The van der Waals surface area contributed by atoms with E-state index in [2.05, 4.69) is 6.58 Å². The molecule has 0 radical (unpaired) electrons. The maximum Gasteiger partial charge on any atom is 0.410 e. The van der Waals surface area contributed by atoms with Crippen molar-refractivity contribution in [2.45, 2.75) is 13.3 Å². The molecule has 0 bridgehead atoms. The van der Waals surface area contributed by atoms with Crippen molar-refractivity contribution < 1.29 is 19.4 Å². The first-order valence-corrected chi connectivity index (χ1v) is 5.29. The Kier molecular flexibility index (Phi) is 4.34. The number of rotatable bonds is 4. The Morgan fingerprint density at radius 3 is 2.81 bits per heavy atom. The summed E-state index contributed by atoms with van der Waals surface area (Å²) in [7, 11) is 0. The van der Waals surface area contributed by atoms with Gasteiger partial charge in [0.25, 0.3) is 0 Å². The number of carboxylic acids is 1. The van der Waals surface area contributed by atoms with Crippen molar-refractivity contribution in [1.29, 1.82) is 0 Å². The van der Waals surface area contributed by atoms with Crippen LogP contribution in [0.2, 0.25) is 0 Å². The lowest BCUT2D eigenvalue weighted by atomic mass is 9.95. The summed E-state index contributed by atoms with van der Waals surface area (Å²) in [5, 5.41) is 8.71. The molecule has 0 aromatic carbocycles. The molecule has 90 valence electrons. The van der Waals surface area contributed by atoms with Crippen molar-refractivity contribution in [2.75, 3.05) is 19.7 Å². The Morgan fingerprint density at radius 2 is 2.25 bits per heavy atom. The molecule has 0 aromatic rings. The highest BCUT2D eigenvalue weighted by atomic mass is 16.6. The second-order valence-corrected chi connectivity index (χ2v) is 4.11. The summed E-state index contributed by atoms with van der Waals surface area (Å²) in [5.41, 5.74) is 0. The van der Waals surface area contributed by atoms with Crippen molar-refractivity contribution in [3.63, 3.8) is 0 Å². The van der Waals surface area contributed by atoms with Crippen LogP contribution in [-0.4, -0.2) is 41.8 Å². The van der Waals surface area contributed by atoms with E-state index in [9.17, 15) is 9.59 Å². The van der Waals surface area contributed by atoms with Crippen LogP contribution in [0.5, 0.6) is 0 Å². The molecular weight excluding hydrogens is 210 g/mol. The molecule has 16 heavy (non-hydrogen) atoms. The smallest absolute Gasteiger partial charge is 0.410 e. The zero-order valence-electron chi connectivity index (χ0n) is 9.39. The third-order valence-electron chi connectivity index (χ3n) is 2.79. The lowest BCUT2D eigenvalue weighted by molar-refractivity contribution is -0.138. The normalized spacial score (nSPS) is 24.2. The molecule has 0 saturated carbocycles. The number of aliphatic carboxylic acids is 1. The molecule has 1 fully saturated rings. The van der Waals surface area contributed by atoms with Crippen LogP contribution >= 0.6 is 0 Å². The van der Waals surface area contributed by atoms with E-state index in [1.165, 1.54) is 6.08 Å². The molecule has 0 spiro atoms. The first kappa shape index (κ1) is 12.5. The van der Waals surface area contributed by atoms with E-state index in [1.807, 2.05) is 6.92 Å². The van der Waals surface area contributed by atoms with Gasteiger partial charge in [0, 0.05) is 13.1 Å². The van der Waals surface area contributed by atoms with Crippen molar-refractivity contribution >= 4 is 12.1 Å². The molecule has 1 N–H and O–H groups in total. The average Bonchev–Trinajstić information content (AvgIpc) is 2.56. The van der Waals surface area contributed by atoms with Crippen LogP contribution in [0.3, 0.4) is 0 Å². The topological polar surface area (TPSA) is 66.8 Å². The molecule has 1 saturated heterocycles. The first-order chi connectivity index (χ1) is 7.54. The molecule has 1 aliphatic heterocycles. The van der Waals surface area contributed by atoms with E-state index in [4.69, 9.17) is 9.84 Å². The van der Waals surface area contributed by atoms with Crippen molar-refractivity contribution in [3.8, 4) is 0 Å². The van der Waals surface area contributed by atoms with Crippen LogP contribution < -0.4 is 0 Å². The fourth-order valence-electron chi connectivity index (χ4n) is 1.89. The number of ether oxygens (including phenoxy) is 1. The van der Waals surface area contributed by atoms with Gasteiger partial charge >= 0.3 is 12.1 Å². The summed E-state index contributed by atoms with van der Waals surface area (Å²) >= 11 is 0. The molecule has 5 nitrogen and oxygen atoms in total. The molecule has 5 heteroatoms. The van der Waals surface area contributed by atoms with Crippen LogP contribution in [-0.2, 0) is 9.53 Å². The first-order valence-electron chi connectivity index (χ1n) is 5.29. The largest absolute Gasteiger partial charge is 0.481 e. The maximum absolute atomic E-state index is 11.5. The van der Waals surface area contributed by atoms with Gasteiger partial charge in [0.05, 0.1) is 6.42 Å². The summed E-state index contributed by atoms with van der Waals surface area (Å²) in [4.78, 5) is 23.6. The summed E-state index contributed by atoms with van der Waals surface area (Å²) < 4.78 is 4.90. The van der Waals surface area contributed by atoms with Crippen LogP contribution in [0.1, 0.15) is 13.3 Å². The van der Waals surface area contributed by atoms with E-state index < -0.39 is 5.97 Å². The van der Waals surface area contributed by atoms with Crippen LogP contribution in [0.4, 0.5) is 4.79 Å². The van der Waals surface area contributed by atoms with E-state index in [0.29, 0.717) is 13.1 Å². The molecule has 1 aliphatic rings. The minimum Gasteiger partial charge on any atom is -0.481 e. The predicted octanol–water partition coefficient (Wildman–Crippen LogP) is 1.35. The number of carboxylic acid groups (broad SMARTS) is 1. The lowest BCUT2D eigenvalue weighted by Gasteiger charge is -2.15. The SMILES string of the molecule is C=CCOC(=O)N1C[C@@H](CC(=O)O)[C@H](C)C1. The Hall–Kier alpha value is -1.52. The van der Waals surface area contributed by atoms with Gasteiger partial charge in [-0.3, -0.25) is 4.79 Å². The lowest BCUT2D eigenvalue weighted by Crippen LogP contribution is -2.29. The number of carbonyl (C=O) groups excluding carboxylic acids is 1. The van der Waals surface area contributed by atoms with Gasteiger partial charge in [-0.05, 0) is 11.8 Å². The highest BCUT2D eigenvalue weighted by Crippen LogP contribution is 2.26. The van der Waals surface area contributed by atoms with Gasteiger partial charge in [-0.25, -0.2) is 4.79 Å². The highest BCUT2D eigenvalue weighted by molar-refractivity contribution is 5.69. The third kappa shape index (κ3) is 3.25. The van der Waals surface area contributed by atoms with Gasteiger partial charge in [0.15, 0.2) is 0 Å². The molecule has 1 heterocycles. The second kappa shape index (κ2) is 5.53. The zero-order chi connectivity index (χ0) is 12.1. The summed E-state index contributed by atoms with van der Waals surface area (Å²) in [6.45, 7) is 6.62. The highest BCUT2D eigenvalue weighted by Gasteiger charge is 2.34. The number of hydrogen-bond acceptors (Lipinski definition) is 3. The number of likely N-dealkylation sites (tertiary alicyclic amines) is 1. The fourth-order valence-corrected chi connectivity index (χ4v) is 1.89. The van der Waals surface area contributed by atoms with E-state index in [1.54, 1.807) is 4.90 Å². The third-order valence-corrected chi connectivity index (χ3v) is 2.79. The van der Waals surface area contributed by atoms with Gasteiger partial charge in [-0.2, -0.15) is 0 Å². The second-order valence-electron chi connectivity index (χ2n) is 4.11. The van der Waals surface area contributed by atoms with Gasteiger partial charge in [-0.1, -0.05) is 19.6 Å². The molecule has 0 unspecified atom stereocenters. The van der Waals surface area contributed by atoms with Gasteiger partial charge in [-0.15, -0.1) is 0 Å². The van der Waals surface area contributed by atoms with Crippen LogP contribution in [0, 0.1) is 11.8 Å². The molecule has 0 aliphatic carbocycles. The van der Waals surface area contributed by atoms with Crippen molar-refractivity contribution in [1.82, 2.24) is 4.90 Å². The van der Waals surface area contributed by atoms with Gasteiger partial charge in [0.1, 0.15) is 6.61 Å². The Labute approximate surface area is 94.7 Å². The number of nitrogens with zero attached hydrogens (tertiary/aromatic N) is 1. The Morgan fingerprint density at radius 1 is 1.56 bits per heavy atom. The summed E-state index contributed by atoms with van der Waals surface area (Å²) in [6.07, 6.45) is 1.22. The number of amides is 1. The van der Waals surface area contributed by atoms with Crippen LogP contribution in [0.15, 0.2) is 12.7 Å². The zero-order valence-corrected chi connectivity index (χ0v) is 9.39. The van der Waals surface area contributed by atoms with Crippen LogP contribution in [0.25, 0.3) is 0 Å². The Balaban J connectivity index is 2.45. The standard InChI is InChI=1S/C11H17NO4/c1-3-4-16-11(15)12-6-8(2)9(7-12)5-10(13)14/h3,8-9H,1,4-7H2,2H3,(H,13,14)/t8-,9-/m1/s1. The molecule has 1 rings (SSSR count). The maximum atomic E-state index is 11.5. The fraction of sp³-hybridized carbons (Fsp3) is 0.636. The average molecular weight is 227 g/mol. The predicted molar refractivity (Wildman–Crippen MR) is 58.0 cm³/mol. The minimum atomic E-state index is -0.821. The Bertz CT molecular complexity index is 290. The molecule has 0 aromatic heterocycles. The van der Waals surface area contributed by atoms with E-state index in [-0.39, 0.29) is 31.0 Å². The molecule has 2 atom stereocenters. The summed E-state index contributed by atoms with van der Waals surface area (Å²) in [5.74, 6) is -0.598. The monoisotopic (exact) mass is 227 g/mol. The van der Waals surface area contributed by atoms with Gasteiger partial charge < -0.3 is 14.7 Å². The van der Waals surface area contributed by atoms with Crippen molar-refractivity contribution in [3.05, 3.63) is 12.7 Å². The number of carbonyl (C=O) groups is 2. The quantitative estimate of drug-likeness (QED) is 0.736. The molecular formula is C11H17NO4. The van der Waals surface area contributed by atoms with E-state index >= 15 is 0 Å². The summed E-state index contributed by atoms with van der Waals surface area (Å²) in [6, 6.07) is 0. The molecule has 1 amide bonds. The van der Waals surface area contributed by atoms with Gasteiger partial charge in [0.2, 0.25) is 0 Å². The number of hydrogen-bond donors (Lipinski definition) is 1.